The average molecular weight is 723 g/mol. The Labute approximate surface area is 313 Å². The van der Waals surface area contributed by atoms with E-state index in [0.29, 0.717) is 63.2 Å². The first-order chi connectivity index (χ1) is 24.7. The first-order valence-electron chi connectivity index (χ1n) is 19.4. The molecule has 0 atom stereocenters. The van der Waals surface area contributed by atoms with Gasteiger partial charge in [0.1, 0.15) is 11.2 Å². The van der Waals surface area contributed by atoms with Crippen LogP contribution >= 0.6 is 0 Å². The maximum absolute atomic E-state index is 12.9. The predicted molar refractivity (Wildman–Crippen MR) is 209 cm³/mol. The predicted octanol–water partition coefficient (Wildman–Crippen LogP) is 9.00. The highest BCUT2D eigenvalue weighted by molar-refractivity contribution is 5.94. The zero-order valence-electron chi connectivity index (χ0n) is 32.8. The van der Waals surface area contributed by atoms with E-state index in [1.807, 2.05) is 77.9 Å². The number of amides is 4. The molecular weight excluding hydrogens is 656 g/mol. The summed E-state index contributed by atoms with van der Waals surface area (Å²) in [4.78, 5) is 53.9. The molecule has 0 aliphatic rings. The molecule has 0 bridgehead atoms. The van der Waals surface area contributed by atoms with Crippen LogP contribution in [0.25, 0.3) is 0 Å². The number of carbonyl (C=O) groups excluding carboxylic acids is 4. The van der Waals surface area contributed by atoms with Crippen LogP contribution in [-0.2, 0) is 9.47 Å². The molecular formula is C42H66N4O6. The van der Waals surface area contributed by atoms with Crippen molar-refractivity contribution in [2.75, 3.05) is 39.3 Å². The topological polar surface area (TPSA) is 117 Å². The minimum absolute atomic E-state index is 0.107. The van der Waals surface area contributed by atoms with Crippen molar-refractivity contribution in [1.82, 2.24) is 20.4 Å². The van der Waals surface area contributed by atoms with E-state index in [2.05, 4.69) is 10.6 Å². The lowest BCUT2D eigenvalue weighted by atomic mass is 10.1. The van der Waals surface area contributed by atoms with E-state index in [9.17, 15) is 19.2 Å². The van der Waals surface area contributed by atoms with Gasteiger partial charge in [0.05, 0.1) is 0 Å². The SMILES string of the molecule is CC(C)(C)OC(=O)N(CCCCCCCCCCCCN(CCCNC(=O)c1ccccc1)C(=O)OC(C)(C)C)CCCNC(=O)c1ccccc1. The van der Waals surface area contributed by atoms with Gasteiger partial charge in [-0.05, 0) is 91.5 Å². The molecule has 10 nitrogen and oxygen atoms in total. The first-order valence-corrected chi connectivity index (χ1v) is 19.4. The van der Waals surface area contributed by atoms with E-state index in [0.717, 1.165) is 38.5 Å². The Balaban J connectivity index is 1.60. The molecule has 2 aromatic rings. The molecule has 0 aromatic heterocycles. The maximum Gasteiger partial charge on any atom is 0.410 e. The Morgan fingerprint density at radius 3 is 1.06 bits per heavy atom. The summed E-state index contributed by atoms with van der Waals surface area (Å²) in [6.07, 6.45) is 11.6. The standard InChI is InChI=1S/C42H66N4O6/c1-41(2,3)51-39(49)45(33-23-29-43-37(47)35-25-17-15-18-26-35)31-21-13-11-9-7-8-10-12-14-22-32-46(40(50)52-42(4,5)6)34-24-30-44-38(48)36-27-19-16-20-28-36/h15-20,25-28H,7-14,21-24,29-34H2,1-6H3,(H,43,47)(H,44,48). The van der Waals surface area contributed by atoms with Crippen molar-refractivity contribution in [1.29, 1.82) is 0 Å². The molecule has 10 heteroatoms. The highest BCUT2D eigenvalue weighted by Crippen LogP contribution is 2.15. The smallest absolute Gasteiger partial charge is 0.410 e. The van der Waals surface area contributed by atoms with Crippen molar-refractivity contribution in [3.8, 4) is 0 Å². The molecule has 2 N–H and O–H groups in total. The summed E-state index contributed by atoms with van der Waals surface area (Å²) in [5.74, 6) is -0.215. The van der Waals surface area contributed by atoms with Crippen LogP contribution < -0.4 is 10.6 Å². The molecule has 52 heavy (non-hydrogen) atoms. The lowest BCUT2D eigenvalue weighted by Gasteiger charge is -2.27. The van der Waals surface area contributed by atoms with Crippen LogP contribution in [0.4, 0.5) is 9.59 Å². The van der Waals surface area contributed by atoms with Crippen molar-refractivity contribution >= 4 is 24.0 Å². The zero-order chi connectivity index (χ0) is 38.2. The fraction of sp³-hybridized carbons (Fsp3) is 0.619. The van der Waals surface area contributed by atoms with Crippen molar-refractivity contribution in [3.63, 3.8) is 0 Å². The van der Waals surface area contributed by atoms with Gasteiger partial charge in [-0.1, -0.05) is 87.8 Å². The molecule has 0 spiro atoms. The van der Waals surface area contributed by atoms with Gasteiger partial charge in [0.15, 0.2) is 0 Å². The van der Waals surface area contributed by atoms with Gasteiger partial charge < -0.3 is 29.9 Å². The van der Waals surface area contributed by atoms with Gasteiger partial charge in [-0.3, -0.25) is 9.59 Å². The minimum atomic E-state index is -0.558. The first kappa shape index (κ1) is 44.1. The zero-order valence-corrected chi connectivity index (χ0v) is 32.8. The molecule has 0 fully saturated rings. The van der Waals surface area contributed by atoms with Crippen molar-refractivity contribution < 1.29 is 28.7 Å². The third-order valence-corrected chi connectivity index (χ3v) is 8.26. The summed E-state index contributed by atoms with van der Waals surface area (Å²) in [6.45, 7) is 14.6. The van der Waals surface area contributed by atoms with E-state index in [1.54, 1.807) is 34.1 Å². The number of hydrogen-bond donors (Lipinski definition) is 2. The summed E-state index contributed by atoms with van der Waals surface area (Å²) in [5, 5.41) is 5.87. The van der Waals surface area contributed by atoms with Gasteiger partial charge >= 0.3 is 12.2 Å². The number of ether oxygens (including phenoxy) is 2. The third-order valence-electron chi connectivity index (χ3n) is 8.26. The fourth-order valence-corrected chi connectivity index (χ4v) is 5.59. The Bertz CT molecular complexity index is 1210. The monoisotopic (exact) mass is 722 g/mol. The summed E-state index contributed by atoms with van der Waals surface area (Å²) < 4.78 is 11.3. The molecule has 0 aliphatic carbocycles. The number of hydrogen-bond acceptors (Lipinski definition) is 6. The van der Waals surface area contributed by atoms with Crippen molar-refractivity contribution in [2.45, 2.75) is 130 Å². The molecule has 0 heterocycles. The summed E-state index contributed by atoms with van der Waals surface area (Å²) in [7, 11) is 0. The quantitative estimate of drug-likeness (QED) is 0.111. The van der Waals surface area contributed by atoms with E-state index >= 15 is 0 Å². The minimum Gasteiger partial charge on any atom is -0.444 e. The second kappa shape index (κ2) is 24.2. The van der Waals surface area contributed by atoms with E-state index < -0.39 is 11.2 Å². The van der Waals surface area contributed by atoms with E-state index in [-0.39, 0.29) is 24.0 Å². The number of carbonyl (C=O) groups is 4. The molecule has 2 aromatic carbocycles. The summed E-state index contributed by atoms with van der Waals surface area (Å²) in [5.41, 5.74) is 0.142. The number of unbranched alkanes of at least 4 members (excludes halogenated alkanes) is 9. The lowest BCUT2D eigenvalue weighted by molar-refractivity contribution is 0.0234. The molecule has 0 saturated carbocycles. The molecule has 0 radical (unpaired) electrons. The second-order valence-electron chi connectivity index (χ2n) is 15.4. The van der Waals surface area contributed by atoms with Gasteiger partial charge in [0, 0.05) is 50.4 Å². The van der Waals surface area contributed by atoms with E-state index in [1.165, 1.54) is 25.7 Å². The lowest BCUT2D eigenvalue weighted by Crippen LogP contribution is -2.39. The van der Waals surface area contributed by atoms with Crippen LogP contribution in [0.2, 0.25) is 0 Å². The Morgan fingerprint density at radius 1 is 0.462 bits per heavy atom. The number of rotatable bonds is 23. The summed E-state index contributed by atoms with van der Waals surface area (Å²) in [6, 6.07) is 18.3. The van der Waals surface area contributed by atoms with Crippen LogP contribution in [0.5, 0.6) is 0 Å². The number of nitrogens with zero attached hydrogens (tertiary/aromatic N) is 2. The van der Waals surface area contributed by atoms with Crippen molar-refractivity contribution in [2.24, 2.45) is 0 Å². The largest absolute Gasteiger partial charge is 0.444 e. The molecule has 290 valence electrons. The van der Waals surface area contributed by atoms with Gasteiger partial charge in [0.2, 0.25) is 0 Å². The molecule has 4 amide bonds. The molecule has 0 saturated heterocycles. The number of nitrogens with one attached hydrogen (secondary N) is 2. The van der Waals surface area contributed by atoms with Crippen molar-refractivity contribution in [3.05, 3.63) is 71.8 Å². The summed E-state index contributed by atoms with van der Waals surface area (Å²) >= 11 is 0. The van der Waals surface area contributed by atoms with Crippen LogP contribution in [0.1, 0.15) is 139 Å². The Hall–Kier alpha value is -4.08. The molecule has 2 rings (SSSR count). The number of benzene rings is 2. The highest BCUT2D eigenvalue weighted by Gasteiger charge is 2.23. The molecule has 0 unspecified atom stereocenters. The fourth-order valence-electron chi connectivity index (χ4n) is 5.59. The Kier molecular flexibility index (Phi) is 20.5. The van der Waals surface area contributed by atoms with Gasteiger partial charge in [0.25, 0.3) is 11.8 Å². The van der Waals surface area contributed by atoms with Crippen LogP contribution in [0.15, 0.2) is 60.7 Å². The Morgan fingerprint density at radius 2 is 0.750 bits per heavy atom. The van der Waals surface area contributed by atoms with Crippen LogP contribution in [0.3, 0.4) is 0 Å². The molecule has 0 aliphatic heterocycles. The van der Waals surface area contributed by atoms with Gasteiger partial charge in [-0.25, -0.2) is 9.59 Å². The van der Waals surface area contributed by atoms with E-state index in [4.69, 9.17) is 9.47 Å². The van der Waals surface area contributed by atoms with Gasteiger partial charge in [-0.2, -0.15) is 0 Å². The van der Waals surface area contributed by atoms with Crippen LogP contribution in [-0.4, -0.2) is 84.3 Å². The average Bonchev–Trinajstić information content (AvgIpc) is 3.09. The second-order valence-corrected chi connectivity index (χ2v) is 15.4. The third kappa shape index (κ3) is 20.7. The highest BCUT2D eigenvalue weighted by atomic mass is 16.6. The normalized spacial score (nSPS) is 11.4. The van der Waals surface area contributed by atoms with Gasteiger partial charge in [-0.15, -0.1) is 0 Å². The maximum atomic E-state index is 12.9. The van der Waals surface area contributed by atoms with Crippen LogP contribution in [0, 0.1) is 0 Å².